The van der Waals surface area contributed by atoms with E-state index in [0.29, 0.717) is 5.56 Å². The SMILES string of the molecule is CCC(C)NC(=O)c1ccc(-c2ccc(Oc3ccccc3)cc2)nc1. The molecule has 1 aromatic heterocycles. The number of benzene rings is 2. The predicted octanol–water partition coefficient (Wildman–Crippen LogP) is 5.07. The number of nitrogens with one attached hydrogen (secondary N) is 1. The van der Waals surface area contributed by atoms with Crippen molar-refractivity contribution in [3.05, 3.63) is 78.5 Å². The smallest absolute Gasteiger partial charge is 0.253 e. The highest BCUT2D eigenvalue weighted by molar-refractivity contribution is 5.94. The van der Waals surface area contributed by atoms with Crippen LogP contribution in [0, 0.1) is 0 Å². The van der Waals surface area contributed by atoms with Gasteiger partial charge in [-0.05, 0) is 61.9 Å². The zero-order valence-electron chi connectivity index (χ0n) is 15.0. The van der Waals surface area contributed by atoms with E-state index in [2.05, 4.69) is 10.3 Å². The molecule has 0 fully saturated rings. The van der Waals surface area contributed by atoms with Gasteiger partial charge in [0.1, 0.15) is 11.5 Å². The highest BCUT2D eigenvalue weighted by Gasteiger charge is 2.09. The van der Waals surface area contributed by atoms with E-state index in [0.717, 1.165) is 29.2 Å². The van der Waals surface area contributed by atoms with E-state index in [-0.39, 0.29) is 11.9 Å². The minimum atomic E-state index is -0.0926. The molecular weight excluding hydrogens is 324 g/mol. The largest absolute Gasteiger partial charge is 0.457 e. The van der Waals surface area contributed by atoms with Crippen LogP contribution in [-0.2, 0) is 0 Å². The number of ether oxygens (including phenoxy) is 1. The summed E-state index contributed by atoms with van der Waals surface area (Å²) in [4.78, 5) is 16.5. The number of pyridine rings is 1. The van der Waals surface area contributed by atoms with E-state index >= 15 is 0 Å². The second-order valence-electron chi connectivity index (χ2n) is 6.15. The molecule has 3 aromatic rings. The molecule has 0 radical (unpaired) electrons. The van der Waals surface area contributed by atoms with Crippen LogP contribution in [0.25, 0.3) is 11.3 Å². The summed E-state index contributed by atoms with van der Waals surface area (Å²) in [5.41, 5.74) is 2.36. The van der Waals surface area contributed by atoms with Gasteiger partial charge in [0.05, 0.1) is 11.3 Å². The normalized spacial score (nSPS) is 11.6. The van der Waals surface area contributed by atoms with Gasteiger partial charge in [-0.1, -0.05) is 25.1 Å². The summed E-state index contributed by atoms with van der Waals surface area (Å²) in [6.45, 7) is 4.02. The van der Waals surface area contributed by atoms with Crippen molar-refractivity contribution in [3.63, 3.8) is 0 Å². The average molecular weight is 346 g/mol. The van der Waals surface area contributed by atoms with Crippen LogP contribution in [0.2, 0.25) is 0 Å². The Morgan fingerprint density at radius 2 is 1.69 bits per heavy atom. The first-order valence-corrected chi connectivity index (χ1v) is 8.76. The third-order valence-electron chi connectivity index (χ3n) is 4.14. The Hall–Kier alpha value is -3.14. The first kappa shape index (κ1) is 17.7. The van der Waals surface area contributed by atoms with Crippen molar-refractivity contribution >= 4 is 5.91 Å². The maximum Gasteiger partial charge on any atom is 0.253 e. The summed E-state index contributed by atoms with van der Waals surface area (Å²) >= 11 is 0. The van der Waals surface area contributed by atoms with E-state index in [1.807, 2.05) is 74.5 Å². The molecule has 1 atom stereocenters. The van der Waals surface area contributed by atoms with Crippen LogP contribution in [0.15, 0.2) is 72.9 Å². The first-order chi connectivity index (χ1) is 12.7. The highest BCUT2D eigenvalue weighted by atomic mass is 16.5. The molecule has 4 nitrogen and oxygen atoms in total. The van der Waals surface area contributed by atoms with Crippen LogP contribution in [0.4, 0.5) is 0 Å². The maximum atomic E-state index is 12.1. The number of carbonyl (C=O) groups is 1. The minimum absolute atomic E-state index is 0.0926. The third kappa shape index (κ3) is 4.48. The van der Waals surface area contributed by atoms with Crippen LogP contribution >= 0.6 is 0 Å². The first-order valence-electron chi connectivity index (χ1n) is 8.76. The predicted molar refractivity (Wildman–Crippen MR) is 103 cm³/mol. The fourth-order valence-electron chi connectivity index (χ4n) is 2.43. The molecule has 1 heterocycles. The standard InChI is InChI=1S/C22H22N2O2/c1-3-16(2)24-22(25)18-11-14-21(23-15-18)17-9-12-20(13-10-17)26-19-7-5-4-6-8-19/h4-16H,3H2,1-2H3,(H,24,25). The van der Waals surface area contributed by atoms with Gasteiger partial charge in [0.15, 0.2) is 0 Å². The van der Waals surface area contributed by atoms with E-state index < -0.39 is 0 Å². The number of aromatic nitrogens is 1. The van der Waals surface area contributed by atoms with Crippen molar-refractivity contribution in [2.24, 2.45) is 0 Å². The lowest BCUT2D eigenvalue weighted by molar-refractivity contribution is 0.0939. The molecule has 26 heavy (non-hydrogen) atoms. The number of hydrogen-bond donors (Lipinski definition) is 1. The van der Waals surface area contributed by atoms with E-state index in [1.165, 1.54) is 0 Å². The molecular formula is C22H22N2O2. The fourth-order valence-corrected chi connectivity index (χ4v) is 2.43. The summed E-state index contributed by atoms with van der Waals surface area (Å²) in [6, 6.07) is 21.2. The Balaban J connectivity index is 1.68. The molecule has 132 valence electrons. The second kappa shape index (κ2) is 8.30. The van der Waals surface area contributed by atoms with E-state index in [1.54, 1.807) is 12.3 Å². The topological polar surface area (TPSA) is 51.2 Å². The van der Waals surface area contributed by atoms with E-state index in [4.69, 9.17) is 4.74 Å². The van der Waals surface area contributed by atoms with Crippen molar-refractivity contribution in [2.45, 2.75) is 26.3 Å². The van der Waals surface area contributed by atoms with Crippen molar-refractivity contribution in [3.8, 4) is 22.8 Å². The van der Waals surface area contributed by atoms with Crippen LogP contribution in [0.3, 0.4) is 0 Å². The lowest BCUT2D eigenvalue weighted by atomic mass is 10.1. The number of carbonyl (C=O) groups excluding carboxylic acids is 1. The molecule has 0 spiro atoms. The molecule has 0 saturated carbocycles. The van der Waals surface area contributed by atoms with Gasteiger partial charge < -0.3 is 10.1 Å². The van der Waals surface area contributed by atoms with Gasteiger partial charge in [0, 0.05) is 17.8 Å². The molecule has 4 heteroatoms. The molecule has 1 unspecified atom stereocenters. The molecule has 0 aliphatic rings. The van der Waals surface area contributed by atoms with Crippen molar-refractivity contribution in [2.75, 3.05) is 0 Å². The Morgan fingerprint density at radius 3 is 2.31 bits per heavy atom. The van der Waals surface area contributed by atoms with Gasteiger partial charge in [-0.3, -0.25) is 9.78 Å². The quantitative estimate of drug-likeness (QED) is 0.678. The third-order valence-corrected chi connectivity index (χ3v) is 4.14. The van der Waals surface area contributed by atoms with Gasteiger partial charge >= 0.3 is 0 Å². The molecule has 0 aliphatic heterocycles. The zero-order valence-corrected chi connectivity index (χ0v) is 15.0. The van der Waals surface area contributed by atoms with Gasteiger partial charge in [0.2, 0.25) is 0 Å². The average Bonchev–Trinajstić information content (AvgIpc) is 2.69. The van der Waals surface area contributed by atoms with Crippen LogP contribution < -0.4 is 10.1 Å². The lowest BCUT2D eigenvalue weighted by Gasteiger charge is -2.11. The summed E-state index contributed by atoms with van der Waals surface area (Å²) in [5.74, 6) is 1.48. The van der Waals surface area contributed by atoms with Gasteiger partial charge in [-0.15, -0.1) is 0 Å². The number of para-hydroxylation sites is 1. The van der Waals surface area contributed by atoms with Crippen LogP contribution in [-0.4, -0.2) is 16.9 Å². The van der Waals surface area contributed by atoms with Crippen LogP contribution in [0.5, 0.6) is 11.5 Å². The fraction of sp³-hybridized carbons (Fsp3) is 0.182. The maximum absolute atomic E-state index is 12.1. The summed E-state index contributed by atoms with van der Waals surface area (Å²) < 4.78 is 5.79. The number of rotatable bonds is 6. The van der Waals surface area contributed by atoms with Crippen LogP contribution in [0.1, 0.15) is 30.6 Å². The monoisotopic (exact) mass is 346 g/mol. The molecule has 0 aliphatic carbocycles. The number of nitrogens with zero attached hydrogens (tertiary/aromatic N) is 1. The molecule has 3 rings (SSSR count). The summed E-state index contributed by atoms with van der Waals surface area (Å²) in [5, 5.41) is 2.94. The number of hydrogen-bond acceptors (Lipinski definition) is 3. The van der Waals surface area contributed by atoms with Crippen molar-refractivity contribution in [1.29, 1.82) is 0 Å². The molecule has 1 amide bonds. The summed E-state index contributed by atoms with van der Waals surface area (Å²) in [6.07, 6.45) is 2.51. The van der Waals surface area contributed by atoms with Gasteiger partial charge in [-0.2, -0.15) is 0 Å². The number of amides is 1. The second-order valence-corrected chi connectivity index (χ2v) is 6.15. The Morgan fingerprint density at radius 1 is 1.00 bits per heavy atom. The Kier molecular flexibility index (Phi) is 5.64. The lowest BCUT2D eigenvalue weighted by Crippen LogP contribution is -2.31. The van der Waals surface area contributed by atoms with Crippen molar-refractivity contribution < 1.29 is 9.53 Å². The molecule has 0 saturated heterocycles. The van der Waals surface area contributed by atoms with E-state index in [9.17, 15) is 4.79 Å². The molecule has 1 N–H and O–H groups in total. The van der Waals surface area contributed by atoms with Gasteiger partial charge in [-0.25, -0.2) is 0 Å². The van der Waals surface area contributed by atoms with Gasteiger partial charge in [0.25, 0.3) is 5.91 Å². The molecule has 0 bridgehead atoms. The Labute approximate surface area is 153 Å². The minimum Gasteiger partial charge on any atom is -0.457 e. The summed E-state index contributed by atoms with van der Waals surface area (Å²) in [7, 11) is 0. The van der Waals surface area contributed by atoms with Crippen molar-refractivity contribution in [1.82, 2.24) is 10.3 Å². The Bertz CT molecular complexity index is 844. The highest BCUT2D eigenvalue weighted by Crippen LogP contribution is 2.24. The molecule has 2 aromatic carbocycles. The zero-order chi connectivity index (χ0) is 18.4.